The number of carbonyl (C=O) groups excluding carboxylic acids is 2. The van der Waals surface area contributed by atoms with Crippen LogP contribution in [0.1, 0.15) is 36.0 Å². The van der Waals surface area contributed by atoms with E-state index in [-0.39, 0.29) is 17.6 Å². The Balaban J connectivity index is 1.56. The lowest BCUT2D eigenvalue weighted by atomic mass is 9.87. The summed E-state index contributed by atoms with van der Waals surface area (Å²) >= 11 is 0. The number of rotatable bonds is 4. The zero-order valence-corrected chi connectivity index (χ0v) is 14.3. The molecule has 2 heterocycles. The first kappa shape index (κ1) is 17.1. The van der Waals surface area contributed by atoms with E-state index in [1.807, 2.05) is 30.3 Å². The second kappa shape index (κ2) is 7.03. The van der Waals surface area contributed by atoms with Gasteiger partial charge in [0.1, 0.15) is 0 Å². The van der Waals surface area contributed by atoms with Gasteiger partial charge in [-0.3, -0.25) is 14.5 Å². The second-order valence-electron chi connectivity index (χ2n) is 7.14. The minimum absolute atomic E-state index is 0.0445. The van der Waals surface area contributed by atoms with E-state index in [2.05, 4.69) is 4.90 Å². The van der Waals surface area contributed by atoms with Gasteiger partial charge in [-0.25, -0.2) is 0 Å². The van der Waals surface area contributed by atoms with Crippen molar-refractivity contribution in [1.82, 2.24) is 9.80 Å². The molecule has 2 saturated heterocycles. The van der Waals surface area contributed by atoms with Crippen LogP contribution >= 0.6 is 0 Å². The summed E-state index contributed by atoms with van der Waals surface area (Å²) in [5.74, 6) is 0.0849. The Bertz CT molecular complexity index is 596. The average Bonchev–Trinajstić information content (AvgIpc) is 2.60. The van der Waals surface area contributed by atoms with E-state index in [0.29, 0.717) is 13.0 Å². The van der Waals surface area contributed by atoms with E-state index < -0.39 is 5.60 Å². The molecule has 0 radical (unpaired) electrons. The number of ketones is 1. The summed E-state index contributed by atoms with van der Waals surface area (Å²) in [6.07, 6.45) is 2.93. The Morgan fingerprint density at radius 2 is 1.88 bits per heavy atom. The van der Waals surface area contributed by atoms with Gasteiger partial charge in [0.15, 0.2) is 11.4 Å². The topological polar surface area (TPSA) is 60.9 Å². The van der Waals surface area contributed by atoms with Gasteiger partial charge in [-0.2, -0.15) is 0 Å². The largest absolute Gasteiger partial charge is 0.379 e. The molecule has 2 aliphatic heterocycles. The van der Waals surface area contributed by atoms with E-state index >= 15 is 0 Å². The van der Waals surface area contributed by atoms with E-state index in [4.69, 9.17) is 0 Å². The molecule has 1 N–H and O–H groups in total. The summed E-state index contributed by atoms with van der Waals surface area (Å²) in [5, 5.41) is 10.7. The van der Waals surface area contributed by atoms with Crippen LogP contribution < -0.4 is 0 Å². The van der Waals surface area contributed by atoms with Gasteiger partial charge in [0.2, 0.25) is 0 Å². The summed E-state index contributed by atoms with van der Waals surface area (Å²) in [6, 6.07) is 9.44. The van der Waals surface area contributed by atoms with Gasteiger partial charge < -0.3 is 10.0 Å². The van der Waals surface area contributed by atoms with Crippen molar-refractivity contribution < 1.29 is 14.7 Å². The van der Waals surface area contributed by atoms with Crippen molar-refractivity contribution in [3.63, 3.8) is 0 Å². The number of benzene rings is 1. The Morgan fingerprint density at radius 1 is 1.21 bits per heavy atom. The summed E-state index contributed by atoms with van der Waals surface area (Å²) in [7, 11) is 1.75. The predicted molar refractivity (Wildman–Crippen MR) is 91.8 cm³/mol. The lowest BCUT2D eigenvalue weighted by molar-refractivity contribution is -0.158. The molecule has 0 bridgehead atoms. The van der Waals surface area contributed by atoms with E-state index in [9.17, 15) is 14.7 Å². The number of aliphatic hydroxyl groups is 1. The lowest BCUT2D eigenvalue weighted by Gasteiger charge is -2.41. The smallest absolute Gasteiger partial charge is 0.255 e. The molecule has 0 saturated carbocycles. The van der Waals surface area contributed by atoms with E-state index in [0.717, 1.165) is 44.5 Å². The highest BCUT2D eigenvalue weighted by Gasteiger charge is 2.42. The maximum Gasteiger partial charge on any atom is 0.255 e. The van der Waals surface area contributed by atoms with Crippen LogP contribution in [-0.2, 0) is 4.79 Å². The van der Waals surface area contributed by atoms with Gasteiger partial charge in [-0.05, 0) is 38.8 Å². The third kappa shape index (κ3) is 3.52. The van der Waals surface area contributed by atoms with Crippen molar-refractivity contribution in [2.75, 3.05) is 33.2 Å². The highest BCUT2D eigenvalue weighted by atomic mass is 16.3. The lowest BCUT2D eigenvalue weighted by Crippen LogP contribution is -2.58. The highest BCUT2D eigenvalue weighted by Crippen LogP contribution is 2.27. The standard InChI is InChI=1S/C19H26N2O3/c1-20-11-5-10-19(24,18(20)23)14-21-12-8-16(9-13-21)17(22)15-6-3-2-4-7-15/h2-4,6-7,16,24H,5,8-14H2,1H3. The Labute approximate surface area is 143 Å². The third-order valence-corrected chi connectivity index (χ3v) is 5.33. The van der Waals surface area contributed by atoms with Crippen molar-refractivity contribution in [3.05, 3.63) is 35.9 Å². The van der Waals surface area contributed by atoms with Gasteiger partial charge in [0, 0.05) is 31.6 Å². The fraction of sp³-hybridized carbons (Fsp3) is 0.579. The van der Waals surface area contributed by atoms with Gasteiger partial charge in [-0.1, -0.05) is 30.3 Å². The Kier molecular flexibility index (Phi) is 5.01. The molecule has 5 heteroatoms. The van der Waals surface area contributed by atoms with Gasteiger partial charge in [-0.15, -0.1) is 0 Å². The number of likely N-dealkylation sites (N-methyl/N-ethyl adjacent to an activating group) is 1. The molecular weight excluding hydrogens is 304 g/mol. The molecule has 0 spiro atoms. The number of Topliss-reactive ketones (excluding diaryl/α,β-unsaturated/α-hetero) is 1. The number of likely N-dealkylation sites (tertiary alicyclic amines) is 2. The van der Waals surface area contributed by atoms with Crippen molar-refractivity contribution in [3.8, 4) is 0 Å². The Hall–Kier alpha value is -1.72. The van der Waals surface area contributed by atoms with Crippen molar-refractivity contribution in [1.29, 1.82) is 0 Å². The first-order valence-electron chi connectivity index (χ1n) is 8.79. The summed E-state index contributed by atoms with van der Waals surface area (Å²) in [4.78, 5) is 28.6. The maximum atomic E-state index is 12.5. The van der Waals surface area contributed by atoms with Crippen LogP contribution in [0.3, 0.4) is 0 Å². The predicted octanol–water partition coefficient (Wildman–Crippen LogP) is 1.56. The van der Waals surface area contributed by atoms with Crippen LogP contribution in [0.4, 0.5) is 0 Å². The Morgan fingerprint density at radius 3 is 2.54 bits per heavy atom. The fourth-order valence-electron chi connectivity index (χ4n) is 3.88. The fourth-order valence-corrected chi connectivity index (χ4v) is 3.88. The van der Waals surface area contributed by atoms with Crippen LogP contribution in [0.5, 0.6) is 0 Å². The molecule has 2 fully saturated rings. The van der Waals surface area contributed by atoms with Gasteiger partial charge in [0.05, 0.1) is 0 Å². The molecule has 5 nitrogen and oxygen atoms in total. The number of carbonyl (C=O) groups is 2. The second-order valence-corrected chi connectivity index (χ2v) is 7.14. The van der Waals surface area contributed by atoms with Gasteiger partial charge >= 0.3 is 0 Å². The number of piperidine rings is 2. The molecule has 1 unspecified atom stereocenters. The monoisotopic (exact) mass is 330 g/mol. The van der Waals surface area contributed by atoms with Crippen LogP contribution in [0.2, 0.25) is 0 Å². The minimum atomic E-state index is -1.26. The van der Waals surface area contributed by atoms with Crippen LogP contribution in [0, 0.1) is 5.92 Å². The molecule has 1 atom stereocenters. The molecule has 130 valence electrons. The molecule has 1 amide bonds. The van der Waals surface area contributed by atoms with Crippen LogP contribution in [0.25, 0.3) is 0 Å². The number of amides is 1. The van der Waals surface area contributed by atoms with Gasteiger partial charge in [0.25, 0.3) is 5.91 Å². The molecule has 0 aliphatic carbocycles. The van der Waals surface area contributed by atoms with Crippen molar-refractivity contribution >= 4 is 11.7 Å². The molecule has 24 heavy (non-hydrogen) atoms. The van der Waals surface area contributed by atoms with Crippen molar-refractivity contribution in [2.45, 2.75) is 31.3 Å². The molecule has 1 aromatic rings. The SMILES string of the molecule is CN1CCCC(O)(CN2CCC(C(=O)c3ccccc3)CC2)C1=O. The van der Waals surface area contributed by atoms with Crippen molar-refractivity contribution in [2.24, 2.45) is 5.92 Å². The van der Waals surface area contributed by atoms with E-state index in [1.165, 1.54) is 0 Å². The number of nitrogens with zero attached hydrogens (tertiary/aromatic N) is 2. The first-order chi connectivity index (χ1) is 11.5. The van der Waals surface area contributed by atoms with E-state index in [1.54, 1.807) is 11.9 Å². The summed E-state index contributed by atoms with van der Waals surface area (Å²) < 4.78 is 0. The normalized spacial score (nSPS) is 26.6. The molecule has 2 aliphatic rings. The summed E-state index contributed by atoms with van der Waals surface area (Å²) in [6.45, 7) is 2.60. The molecule has 0 aromatic heterocycles. The minimum Gasteiger partial charge on any atom is -0.379 e. The highest BCUT2D eigenvalue weighted by molar-refractivity contribution is 5.97. The first-order valence-corrected chi connectivity index (χ1v) is 8.79. The molecular formula is C19H26N2O3. The summed E-state index contributed by atoms with van der Waals surface area (Å²) in [5.41, 5.74) is -0.484. The maximum absolute atomic E-state index is 12.5. The zero-order valence-electron chi connectivity index (χ0n) is 14.3. The molecule has 1 aromatic carbocycles. The average molecular weight is 330 g/mol. The van der Waals surface area contributed by atoms with Crippen LogP contribution in [-0.4, -0.2) is 65.4 Å². The third-order valence-electron chi connectivity index (χ3n) is 5.33. The number of β-amino-alcohol motifs (C(OH)–C–C–N with tert-alkyl or cyclic N) is 1. The quantitative estimate of drug-likeness (QED) is 0.851. The van der Waals surface area contributed by atoms with Crippen LogP contribution in [0.15, 0.2) is 30.3 Å². The number of hydrogen-bond donors (Lipinski definition) is 1. The molecule has 3 rings (SSSR count). The zero-order chi connectivity index (χ0) is 17.2. The number of hydrogen-bond acceptors (Lipinski definition) is 4.